The van der Waals surface area contributed by atoms with Gasteiger partial charge in [0, 0.05) is 13.2 Å². The molecular formula is C14H28N2O4S. The van der Waals surface area contributed by atoms with E-state index in [1.54, 1.807) is 6.92 Å². The van der Waals surface area contributed by atoms with Crippen LogP contribution in [0.5, 0.6) is 0 Å². The molecule has 3 N–H and O–H groups in total. The van der Waals surface area contributed by atoms with Crippen molar-refractivity contribution in [2.45, 2.75) is 45.8 Å². The summed E-state index contributed by atoms with van der Waals surface area (Å²) >= 11 is 1.46. The van der Waals surface area contributed by atoms with Gasteiger partial charge in [-0.05, 0) is 39.4 Å². The maximum absolute atomic E-state index is 11.5. The van der Waals surface area contributed by atoms with E-state index >= 15 is 0 Å². The SMILES string of the molecule is CCOC(=O)C(N)CCSCC(=O)NCCCOC(C)C. The quantitative estimate of drug-likeness (QED) is 0.411. The van der Waals surface area contributed by atoms with Crippen LogP contribution in [0, 0.1) is 0 Å². The lowest BCUT2D eigenvalue weighted by Crippen LogP contribution is -2.33. The molecule has 1 amide bonds. The first-order valence-corrected chi connectivity index (χ1v) is 8.51. The van der Waals surface area contributed by atoms with Crippen LogP contribution in [0.15, 0.2) is 0 Å². The zero-order chi connectivity index (χ0) is 16.1. The maximum Gasteiger partial charge on any atom is 0.322 e. The zero-order valence-corrected chi connectivity index (χ0v) is 14.0. The summed E-state index contributed by atoms with van der Waals surface area (Å²) in [6.45, 7) is 7.32. The second-order valence-corrected chi connectivity index (χ2v) is 5.93. The molecule has 0 aromatic heterocycles. The van der Waals surface area contributed by atoms with Gasteiger partial charge in [-0.25, -0.2) is 0 Å². The fraction of sp³-hybridized carbons (Fsp3) is 0.857. The molecule has 0 aliphatic heterocycles. The van der Waals surface area contributed by atoms with Crippen LogP contribution in [0.4, 0.5) is 0 Å². The summed E-state index contributed by atoms with van der Waals surface area (Å²) in [5.74, 6) is 0.645. The summed E-state index contributed by atoms with van der Waals surface area (Å²) in [5, 5.41) is 2.82. The molecule has 0 heterocycles. The summed E-state index contributed by atoms with van der Waals surface area (Å²) in [6.07, 6.45) is 1.54. The van der Waals surface area contributed by atoms with Gasteiger partial charge in [-0.1, -0.05) is 0 Å². The highest BCUT2D eigenvalue weighted by atomic mass is 32.2. The van der Waals surface area contributed by atoms with Crippen molar-refractivity contribution in [1.82, 2.24) is 5.32 Å². The van der Waals surface area contributed by atoms with Gasteiger partial charge in [0.1, 0.15) is 6.04 Å². The number of nitrogens with one attached hydrogen (secondary N) is 1. The molecule has 0 aliphatic rings. The van der Waals surface area contributed by atoms with Gasteiger partial charge in [0.15, 0.2) is 0 Å². The number of ether oxygens (including phenoxy) is 2. The summed E-state index contributed by atoms with van der Waals surface area (Å²) in [7, 11) is 0. The standard InChI is InChI=1S/C14H28N2O4S/c1-4-19-14(18)12(15)6-9-21-10-13(17)16-7-5-8-20-11(2)3/h11-12H,4-10,15H2,1-3H3,(H,16,17). The van der Waals surface area contributed by atoms with Gasteiger partial charge >= 0.3 is 5.97 Å². The second kappa shape index (κ2) is 12.9. The number of amides is 1. The molecule has 0 fully saturated rings. The van der Waals surface area contributed by atoms with E-state index in [1.165, 1.54) is 11.8 Å². The maximum atomic E-state index is 11.5. The first-order chi connectivity index (χ1) is 9.97. The average Bonchev–Trinajstić information content (AvgIpc) is 2.42. The zero-order valence-electron chi connectivity index (χ0n) is 13.2. The molecule has 7 heteroatoms. The molecule has 0 radical (unpaired) electrons. The van der Waals surface area contributed by atoms with E-state index in [1.807, 2.05) is 13.8 Å². The van der Waals surface area contributed by atoms with Crippen LogP contribution in [0.25, 0.3) is 0 Å². The third kappa shape index (κ3) is 12.6. The molecule has 6 nitrogen and oxygen atoms in total. The minimum Gasteiger partial charge on any atom is -0.465 e. The Bertz CT molecular complexity index is 301. The van der Waals surface area contributed by atoms with Crippen LogP contribution in [0.2, 0.25) is 0 Å². The molecule has 0 spiro atoms. The number of hydrogen-bond acceptors (Lipinski definition) is 6. The molecule has 0 saturated heterocycles. The Morgan fingerprint density at radius 1 is 1.33 bits per heavy atom. The predicted octanol–water partition coefficient (Wildman–Crippen LogP) is 0.931. The van der Waals surface area contributed by atoms with Crippen molar-refractivity contribution in [3.05, 3.63) is 0 Å². The number of carbonyl (C=O) groups is 2. The van der Waals surface area contributed by atoms with Crippen molar-refractivity contribution in [3.8, 4) is 0 Å². The number of rotatable bonds is 12. The Hall–Kier alpha value is -0.790. The summed E-state index contributed by atoms with van der Waals surface area (Å²) < 4.78 is 10.2. The molecule has 21 heavy (non-hydrogen) atoms. The highest BCUT2D eigenvalue weighted by molar-refractivity contribution is 7.99. The lowest BCUT2D eigenvalue weighted by molar-refractivity contribution is -0.144. The Balaban J connectivity index is 3.47. The topological polar surface area (TPSA) is 90.7 Å². The molecule has 0 aliphatic carbocycles. The van der Waals surface area contributed by atoms with Gasteiger partial charge in [-0.15, -0.1) is 0 Å². The molecule has 1 atom stereocenters. The Morgan fingerprint density at radius 3 is 2.67 bits per heavy atom. The molecule has 0 saturated carbocycles. The van der Waals surface area contributed by atoms with Crippen molar-refractivity contribution in [1.29, 1.82) is 0 Å². The molecule has 124 valence electrons. The highest BCUT2D eigenvalue weighted by Crippen LogP contribution is 2.04. The minimum absolute atomic E-state index is 0.00532. The van der Waals surface area contributed by atoms with Crippen LogP contribution in [-0.2, 0) is 19.1 Å². The fourth-order valence-corrected chi connectivity index (χ4v) is 2.26. The minimum atomic E-state index is -0.603. The van der Waals surface area contributed by atoms with Crippen molar-refractivity contribution < 1.29 is 19.1 Å². The van der Waals surface area contributed by atoms with E-state index in [4.69, 9.17) is 15.2 Å². The normalized spacial score (nSPS) is 12.2. The second-order valence-electron chi connectivity index (χ2n) is 4.82. The molecule has 0 bridgehead atoms. The lowest BCUT2D eigenvalue weighted by atomic mass is 10.2. The van der Waals surface area contributed by atoms with Crippen molar-refractivity contribution in [3.63, 3.8) is 0 Å². The van der Waals surface area contributed by atoms with E-state index in [2.05, 4.69) is 5.32 Å². The summed E-state index contributed by atoms with van der Waals surface area (Å²) in [5.41, 5.74) is 5.66. The molecular weight excluding hydrogens is 292 g/mol. The van der Waals surface area contributed by atoms with Gasteiger partial charge in [0.2, 0.25) is 5.91 Å². The van der Waals surface area contributed by atoms with E-state index < -0.39 is 6.04 Å². The Labute approximate surface area is 131 Å². The molecule has 0 aromatic rings. The van der Waals surface area contributed by atoms with Crippen LogP contribution in [-0.4, -0.2) is 55.3 Å². The van der Waals surface area contributed by atoms with Gasteiger partial charge < -0.3 is 20.5 Å². The smallest absolute Gasteiger partial charge is 0.322 e. The molecule has 0 rings (SSSR count). The first kappa shape index (κ1) is 20.2. The number of hydrogen-bond donors (Lipinski definition) is 2. The van der Waals surface area contributed by atoms with Gasteiger partial charge in [0.05, 0.1) is 18.5 Å². The van der Waals surface area contributed by atoms with Crippen LogP contribution < -0.4 is 11.1 Å². The highest BCUT2D eigenvalue weighted by Gasteiger charge is 2.14. The van der Waals surface area contributed by atoms with Crippen molar-refractivity contribution in [2.24, 2.45) is 5.73 Å². The van der Waals surface area contributed by atoms with E-state index in [0.717, 1.165) is 6.42 Å². The molecule has 1 unspecified atom stereocenters. The first-order valence-electron chi connectivity index (χ1n) is 7.35. The van der Waals surface area contributed by atoms with E-state index in [9.17, 15) is 9.59 Å². The van der Waals surface area contributed by atoms with Gasteiger partial charge in [0.25, 0.3) is 0 Å². The third-order valence-electron chi connectivity index (χ3n) is 2.49. The van der Waals surface area contributed by atoms with Gasteiger partial charge in [-0.2, -0.15) is 11.8 Å². The predicted molar refractivity (Wildman–Crippen MR) is 85.3 cm³/mol. The number of esters is 1. The monoisotopic (exact) mass is 320 g/mol. The summed E-state index contributed by atoms with van der Waals surface area (Å²) in [6, 6.07) is -0.603. The Morgan fingerprint density at radius 2 is 2.05 bits per heavy atom. The summed E-state index contributed by atoms with van der Waals surface area (Å²) in [4.78, 5) is 22.8. The van der Waals surface area contributed by atoms with Crippen molar-refractivity contribution in [2.75, 3.05) is 31.3 Å². The fourth-order valence-electron chi connectivity index (χ4n) is 1.41. The van der Waals surface area contributed by atoms with E-state index in [-0.39, 0.29) is 18.0 Å². The van der Waals surface area contributed by atoms with Crippen LogP contribution in [0.1, 0.15) is 33.6 Å². The number of nitrogens with two attached hydrogens (primary N) is 1. The largest absolute Gasteiger partial charge is 0.465 e. The van der Waals surface area contributed by atoms with Crippen LogP contribution >= 0.6 is 11.8 Å². The third-order valence-corrected chi connectivity index (χ3v) is 3.48. The lowest BCUT2D eigenvalue weighted by Gasteiger charge is -2.10. The van der Waals surface area contributed by atoms with E-state index in [0.29, 0.717) is 37.7 Å². The van der Waals surface area contributed by atoms with Crippen LogP contribution in [0.3, 0.4) is 0 Å². The Kier molecular flexibility index (Phi) is 12.4. The van der Waals surface area contributed by atoms with Crippen molar-refractivity contribution >= 4 is 23.6 Å². The number of thioether (sulfide) groups is 1. The number of carbonyl (C=O) groups excluding carboxylic acids is 2. The molecule has 0 aromatic carbocycles. The average molecular weight is 320 g/mol. The van der Waals surface area contributed by atoms with Gasteiger partial charge in [-0.3, -0.25) is 9.59 Å².